The number of fused-ring (bicyclic) bond motifs is 1. The summed E-state index contributed by atoms with van der Waals surface area (Å²) < 4.78 is 0.00969. The Hall–Kier alpha value is -11.9. The molecule has 0 fully saturated rings. The highest BCUT2D eigenvalue weighted by molar-refractivity contribution is 7.99. The Balaban J connectivity index is 0.000000164. The van der Waals surface area contributed by atoms with Crippen molar-refractivity contribution in [1.82, 2.24) is 74.8 Å². The molecule has 0 saturated heterocycles. The molecule has 31 nitrogen and oxygen atoms in total. The van der Waals surface area contributed by atoms with Gasteiger partial charge >= 0.3 is 34.4 Å². The molecule has 0 amide bonds. The quantitative estimate of drug-likeness (QED) is 0.0218. The number of aromatic hydroxyl groups is 1. The van der Waals surface area contributed by atoms with Crippen LogP contribution in [-0.4, -0.2) is 97.2 Å². The van der Waals surface area contributed by atoms with Crippen molar-refractivity contribution in [1.29, 1.82) is 5.26 Å². The largest absolute Gasteiger partial charge is 0.494 e. The minimum absolute atomic E-state index is 0.00969. The number of nitrogens with zero attached hydrogens (tertiary/aromatic N) is 5. The van der Waals surface area contributed by atoms with Crippen molar-refractivity contribution < 1.29 is 15.0 Å². The van der Waals surface area contributed by atoms with E-state index in [-0.39, 0.29) is 44.0 Å². The van der Waals surface area contributed by atoms with E-state index in [0.717, 1.165) is 63.0 Å². The molecule has 1 aliphatic rings. The maximum Gasteiger partial charge on any atom is 0.335 e. The van der Waals surface area contributed by atoms with Crippen LogP contribution in [0.25, 0.3) is 0 Å². The van der Waals surface area contributed by atoms with Crippen LogP contribution in [0, 0.1) is 23.0 Å². The van der Waals surface area contributed by atoms with Crippen LogP contribution < -0.4 is 61.8 Å². The molecule has 108 heavy (non-hydrogen) atoms. The van der Waals surface area contributed by atoms with E-state index in [9.17, 15) is 67.9 Å². The van der Waals surface area contributed by atoms with Crippen LogP contribution in [0.4, 0.5) is 5.69 Å². The summed E-state index contributed by atoms with van der Waals surface area (Å²) in [5.41, 5.74) is 2.44. The molecular weight excluding hydrogens is 1530 g/mol. The molecule has 0 spiro atoms. The van der Waals surface area contributed by atoms with Crippen LogP contribution >= 0.6 is 82.6 Å². The van der Waals surface area contributed by atoms with Gasteiger partial charge in [-0.2, -0.15) is 5.26 Å². The first-order valence-electron chi connectivity index (χ1n) is 31.6. The van der Waals surface area contributed by atoms with E-state index in [1.165, 1.54) is 107 Å². The number of hydrogen-bond acceptors (Lipinski definition) is 24. The maximum atomic E-state index is 11.6. The molecular formula is C70H62ClN17O14S6. The Labute approximate surface area is 638 Å². The number of aliphatic imine (C=N–C) groups is 1. The average Bonchev–Trinajstić information content (AvgIpc) is 0.814. The van der Waals surface area contributed by atoms with Gasteiger partial charge in [0.25, 0.3) is 33.4 Å². The lowest BCUT2D eigenvalue weighted by molar-refractivity contribution is 0.0696. The second-order valence-corrected chi connectivity index (χ2v) is 28.1. The summed E-state index contributed by atoms with van der Waals surface area (Å²) in [5, 5.41) is 30.6. The molecule has 0 aliphatic heterocycles. The SMILES string of the molecule is Cc1ccc(SCc2cc(=O)[nH]c(=O)[nH]2)cc1.N#Cc1cc2c(nc1SCc1cc(=O)[nH]c(=O)[nH]1)CCCC2.O=C(O)c1ccc(N=Cc2c(O)[nH]c(=S)[nH]c2=O)cc1.O=c1cc(CSc2ccc(Cl)cc2)[nH]c(=O)[nH]1.O=c1cc(CSc2ccccn2)[nH]c(=O)[nH]1.O=c1cc(CSc2ccccn2)[nH]c(=O)[nH]1. The third kappa shape index (κ3) is 28.5. The summed E-state index contributed by atoms with van der Waals surface area (Å²) in [4.78, 5) is 180. The number of carboxylic acid groups (broad SMARTS) is 1. The highest BCUT2D eigenvalue weighted by atomic mass is 35.5. The number of rotatable bonds is 18. The van der Waals surface area contributed by atoms with Crippen molar-refractivity contribution in [2.75, 3.05) is 0 Å². The number of halogens is 1. The van der Waals surface area contributed by atoms with E-state index < -0.39 is 45.5 Å². The summed E-state index contributed by atoms with van der Waals surface area (Å²) in [6.07, 6.45) is 8.73. The van der Waals surface area contributed by atoms with Crippen LogP contribution in [0.2, 0.25) is 5.02 Å². The Morgan fingerprint density at radius 2 is 0.944 bits per heavy atom. The molecule has 0 unspecified atom stereocenters. The standard InChI is InChI=1S/C15H14N4O2S.C12H9N3O4S.C12H12N2O2S.C11H9ClN2O2S.2C10H9N3O2S/c16-7-10-5-9-3-1-2-4-12(9)18-14(10)22-8-11-6-13(20)19-15(21)17-11;16-9-8(10(17)15-12(20)14-9)5-13-7-3-1-6(2-4-7)11(18)19;1-8-2-4-10(5-3-8)17-7-9-6-11(15)14-12(16)13-9;12-7-1-3-9(4-2-7)17-6-8-5-10(15)14-11(16)13-8;2*14-8-5-7(12-10(15)13-8)6-16-9-3-1-2-4-11-9/h5-6H,1-4,8H2,(H2,17,19,20,21);1-5H,(H,18,19)(H3,14,15,16,17,20);2-6H,7H2,1H3,(H2,13,14,15,16);1-5H,6H2,(H2,13,14,15,16);2*1-5H,6H2,(H2,12,13,14,15). The van der Waals surface area contributed by atoms with Gasteiger partial charge in [-0.3, -0.25) is 63.7 Å². The Bertz CT molecular complexity index is 5540. The van der Waals surface area contributed by atoms with Crippen LogP contribution in [-0.2, 0) is 41.6 Å². The fraction of sp³-hybridized carbons (Fsp3) is 0.143. The molecule has 1 aliphatic carbocycles. The van der Waals surface area contributed by atoms with Crippen molar-refractivity contribution in [3.8, 4) is 11.9 Å². The lowest BCUT2D eigenvalue weighted by atomic mass is 9.95. The molecule has 13 rings (SSSR count). The van der Waals surface area contributed by atoms with E-state index >= 15 is 0 Å². The minimum Gasteiger partial charge on any atom is -0.494 e. The highest BCUT2D eigenvalue weighted by Gasteiger charge is 2.16. The van der Waals surface area contributed by atoms with E-state index in [4.69, 9.17) is 28.9 Å². The number of thioether (sulfide) groups is 5. The number of aromatic nitrogens is 15. The van der Waals surface area contributed by atoms with E-state index in [2.05, 4.69) is 85.8 Å². The van der Waals surface area contributed by atoms with Crippen molar-refractivity contribution in [2.45, 2.75) is 86.2 Å². The topological polar surface area (TPSA) is 510 Å². The van der Waals surface area contributed by atoms with Gasteiger partial charge in [0.2, 0.25) is 5.88 Å². The molecule has 0 saturated carbocycles. The first kappa shape index (κ1) is 81.7. The van der Waals surface area contributed by atoms with Crippen molar-refractivity contribution in [3.05, 3.63) is 344 Å². The number of nitrogens with one attached hydrogen (secondary N) is 12. The Morgan fingerprint density at radius 3 is 1.34 bits per heavy atom. The molecule has 12 aromatic rings. The Kier molecular flexibility index (Phi) is 31.6. The molecule has 0 radical (unpaired) electrons. The minimum atomic E-state index is -1.04. The fourth-order valence-corrected chi connectivity index (χ4v) is 13.4. The van der Waals surface area contributed by atoms with E-state index in [0.29, 0.717) is 78.5 Å². The van der Waals surface area contributed by atoms with Gasteiger partial charge in [0.1, 0.15) is 16.7 Å². The number of carboxylic acids is 1. The number of aryl methyl sites for hydroxylation is 3. The Morgan fingerprint density at radius 1 is 0.528 bits per heavy atom. The number of benzene rings is 3. The summed E-state index contributed by atoms with van der Waals surface area (Å²) in [6.45, 7) is 2.03. The zero-order chi connectivity index (χ0) is 77.5. The molecule has 0 bridgehead atoms. The molecule has 9 heterocycles. The smallest absolute Gasteiger partial charge is 0.335 e. The normalized spacial score (nSPS) is 11.0. The lowest BCUT2D eigenvalue weighted by Gasteiger charge is -2.16. The number of carbonyl (C=O) groups is 1. The summed E-state index contributed by atoms with van der Waals surface area (Å²) >= 11 is 17.8. The van der Waals surface area contributed by atoms with Crippen molar-refractivity contribution >= 4 is 100 Å². The second-order valence-electron chi connectivity index (χ2n) is 22.2. The zero-order valence-electron chi connectivity index (χ0n) is 56.3. The summed E-state index contributed by atoms with van der Waals surface area (Å²) in [6, 6.07) is 43.4. The number of aromatic carboxylic acids is 1. The first-order valence-corrected chi connectivity index (χ1v) is 37.4. The van der Waals surface area contributed by atoms with Gasteiger partial charge < -0.3 is 40.1 Å². The van der Waals surface area contributed by atoms with Crippen LogP contribution in [0.3, 0.4) is 0 Å². The van der Waals surface area contributed by atoms with Gasteiger partial charge in [-0.15, -0.1) is 47.0 Å². The predicted molar refractivity (Wildman–Crippen MR) is 417 cm³/mol. The molecule has 3 aromatic carbocycles. The molecule has 9 aromatic heterocycles. The van der Waals surface area contributed by atoms with Crippen molar-refractivity contribution in [2.24, 2.45) is 4.99 Å². The van der Waals surface area contributed by atoms with Gasteiger partial charge in [0, 0.05) is 127 Å². The number of hydrogen-bond donors (Lipinski definition) is 14. The van der Waals surface area contributed by atoms with Gasteiger partial charge in [-0.1, -0.05) is 53.2 Å². The lowest BCUT2D eigenvalue weighted by Crippen LogP contribution is -2.22. The molecule has 554 valence electrons. The van der Waals surface area contributed by atoms with Gasteiger partial charge in [0.05, 0.1) is 26.9 Å². The molecule has 14 N–H and O–H groups in total. The van der Waals surface area contributed by atoms with E-state index in [1.807, 2.05) is 85.8 Å². The number of nitriles is 1. The van der Waals surface area contributed by atoms with E-state index in [1.54, 1.807) is 36.3 Å². The fourth-order valence-electron chi connectivity index (χ4n) is 9.03. The average molecular weight is 1590 g/mol. The van der Waals surface area contributed by atoms with Gasteiger partial charge in [-0.25, -0.2) is 43.7 Å². The van der Waals surface area contributed by atoms with Crippen LogP contribution in [0.15, 0.2) is 241 Å². The summed E-state index contributed by atoms with van der Waals surface area (Å²) in [7, 11) is 0. The van der Waals surface area contributed by atoms with Gasteiger partial charge in [-0.05, 0) is 141 Å². The maximum absolute atomic E-state index is 11.6. The zero-order valence-corrected chi connectivity index (χ0v) is 62.0. The van der Waals surface area contributed by atoms with Crippen LogP contribution in [0.5, 0.6) is 5.88 Å². The van der Waals surface area contributed by atoms with Crippen molar-refractivity contribution in [3.63, 3.8) is 0 Å². The number of aromatic amines is 12. The second kappa shape index (κ2) is 41.7. The molecule has 38 heteroatoms. The number of H-pyrrole nitrogens is 12. The first-order chi connectivity index (χ1) is 51.9. The van der Waals surface area contributed by atoms with Gasteiger partial charge in [0.15, 0.2) is 4.77 Å². The monoisotopic (exact) mass is 1590 g/mol. The predicted octanol–water partition coefficient (Wildman–Crippen LogP) is 8.26. The third-order valence-electron chi connectivity index (χ3n) is 13.9. The summed E-state index contributed by atoms with van der Waals surface area (Å²) in [5.74, 6) is 1.09. The number of pyridine rings is 3. The third-order valence-corrected chi connectivity index (χ3v) is 19.5. The highest BCUT2D eigenvalue weighted by Crippen LogP contribution is 2.29. The van der Waals surface area contributed by atoms with Crippen LogP contribution in [0.1, 0.15) is 79.6 Å². The molecule has 0 atom stereocenters.